The Morgan fingerprint density at radius 1 is 1.39 bits per heavy atom. The number of ether oxygens (including phenoxy) is 1. The lowest BCUT2D eigenvalue weighted by molar-refractivity contribution is -0.133. The van der Waals surface area contributed by atoms with E-state index in [4.69, 9.17) is 9.84 Å². The molecule has 0 saturated carbocycles. The molecule has 1 amide bonds. The molecule has 0 saturated heterocycles. The third-order valence-electron chi connectivity index (χ3n) is 2.77. The van der Waals surface area contributed by atoms with Gasteiger partial charge in [-0.2, -0.15) is 0 Å². The van der Waals surface area contributed by atoms with Crippen LogP contribution in [0, 0.1) is 0 Å². The molecule has 0 aliphatic rings. The van der Waals surface area contributed by atoms with Gasteiger partial charge in [0.25, 0.3) is 0 Å². The highest BCUT2D eigenvalue weighted by atomic mass is 16.5. The van der Waals surface area contributed by atoms with Crippen molar-refractivity contribution in [2.45, 2.75) is 39.0 Å². The Bertz CT molecular complexity index is 349. The summed E-state index contributed by atoms with van der Waals surface area (Å²) in [6, 6.07) is 9.51. The minimum absolute atomic E-state index is 0.0480. The van der Waals surface area contributed by atoms with Crippen LogP contribution in [-0.2, 0) is 16.1 Å². The first kappa shape index (κ1) is 14.7. The van der Waals surface area contributed by atoms with Crippen molar-refractivity contribution in [3.63, 3.8) is 0 Å². The highest BCUT2D eigenvalue weighted by Crippen LogP contribution is 2.03. The van der Waals surface area contributed by atoms with Gasteiger partial charge in [-0.05, 0) is 18.9 Å². The number of hydrogen-bond acceptors (Lipinski definition) is 3. The molecule has 0 fully saturated rings. The number of benzene rings is 1. The van der Waals surface area contributed by atoms with Crippen molar-refractivity contribution in [2.24, 2.45) is 0 Å². The molecule has 1 rings (SSSR count). The van der Waals surface area contributed by atoms with Gasteiger partial charge in [0.05, 0.1) is 19.3 Å². The standard InChI is InChI=1S/C14H21NO3/c1-3-13(9-16)15-14(17)11(2)18-10-12-7-5-4-6-8-12/h4-8,11,13,16H,3,9-10H2,1-2H3,(H,15,17)/t11?,13-/m0/s1. The molecule has 100 valence electrons. The van der Waals surface area contributed by atoms with Gasteiger partial charge in [-0.25, -0.2) is 0 Å². The van der Waals surface area contributed by atoms with Crippen LogP contribution in [0.2, 0.25) is 0 Å². The van der Waals surface area contributed by atoms with Crippen molar-refractivity contribution in [3.8, 4) is 0 Å². The molecule has 2 N–H and O–H groups in total. The summed E-state index contributed by atoms with van der Waals surface area (Å²) in [4.78, 5) is 11.7. The van der Waals surface area contributed by atoms with E-state index < -0.39 is 6.10 Å². The molecule has 0 spiro atoms. The summed E-state index contributed by atoms with van der Waals surface area (Å²) in [6.07, 6.45) is 0.180. The SMILES string of the molecule is CC[C@@H](CO)NC(=O)C(C)OCc1ccccc1. The highest BCUT2D eigenvalue weighted by Gasteiger charge is 2.16. The maximum absolute atomic E-state index is 11.7. The zero-order chi connectivity index (χ0) is 13.4. The summed E-state index contributed by atoms with van der Waals surface area (Å²) >= 11 is 0. The second-order valence-corrected chi connectivity index (χ2v) is 4.24. The van der Waals surface area contributed by atoms with Crippen LogP contribution in [0.25, 0.3) is 0 Å². The van der Waals surface area contributed by atoms with E-state index in [0.29, 0.717) is 13.0 Å². The molecule has 1 unspecified atom stereocenters. The van der Waals surface area contributed by atoms with Crippen LogP contribution < -0.4 is 5.32 Å². The first-order valence-corrected chi connectivity index (χ1v) is 6.24. The zero-order valence-corrected chi connectivity index (χ0v) is 10.9. The maximum Gasteiger partial charge on any atom is 0.249 e. The number of hydrogen-bond donors (Lipinski definition) is 2. The van der Waals surface area contributed by atoms with Crippen molar-refractivity contribution in [3.05, 3.63) is 35.9 Å². The van der Waals surface area contributed by atoms with Gasteiger partial charge in [-0.3, -0.25) is 4.79 Å². The minimum Gasteiger partial charge on any atom is -0.394 e. The van der Waals surface area contributed by atoms with Crippen LogP contribution in [0.3, 0.4) is 0 Å². The zero-order valence-electron chi connectivity index (χ0n) is 10.9. The number of carbonyl (C=O) groups excluding carboxylic acids is 1. The monoisotopic (exact) mass is 251 g/mol. The van der Waals surface area contributed by atoms with Gasteiger partial charge in [0.2, 0.25) is 5.91 Å². The average Bonchev–Trinajstić information content (AvgIpc) is 2.42. The third kappa shape index (κ3) is 4.85. The smallest absolute Gasteiger partial charge is 0.249 e. The molecular formula is C14H21NO3. The van der Waals surface area contributed by atoms with Gasteiger partial charge in [0.15, 0.2) is 0 Å². The Labute approximate surface area is 108 Å². The number of carbonyl (C=O) groups is 1. The third-order valence-corrected chi connectivity index (χ3v) is 2.77. The van der Waals surface area contributed by atoms with Gasteiger partial charge in [-0.15, -0.1) is 0 Å². The van der Waals surface area contributed by atoms with Crippen LogP contribution in [-0.4, -0.2) is 29.8 Å². The first-order chi connectivity index (χ1) is 8.67. The molecule has 18 heavy (non-hydrogen) atoms. The number of nitrogens with one attached hydrogen (secondary N) is 1. The predicted molar refractivity (Wildman–Crippen MR) is 70.0 cm³/mol. The molecule has 2 atom stereocenters. The lowest BCUT2D eigenvalue weighted by Crippen LogP contribution is -2.42. The molecule has 0 radical (unpaired) electrons. The van der Waals surface area contributed by atoms with Crippen molar-refractivity contribution in [2.75, 3.05) is 6.61 Å². The number of aliphatic hydroxyl groups is 1. The van der Waals surface area contributed by atoms with Crippen LogP contribution >= 0.6 is 0 Å². The van der Waals surface area contributed by atoms with E-state index in [9.17, 15) is 4.79 Å². The van der Waals surface area contributed by atoms with E-state index in [0.717, 1.165) is 5.56 Å². The minimum atomic E-state index is -0.522. The van der Waals surface area contributed by atoms with Crippen molar-refractivity contribution in [1.82, 2.24) is 5.32 Å². The van der Waals surface area contributed by atoms with Crippen molar-refractivity contribution >= 4 is 5.91 Å². The molecule has 1 aromatic carbocycles. The van der Waals surface area contributed by atoms with E-state index >= 15 is 0 Å². The Hall–Kier alpha value is -1.39. The topological polar surface area (TPSA) is 58.6 Å². The summed E-state index contributed by atoms with van der Waals surface area (Å²) < 4.78 is 5.49. The van der Waals surface area contributed by atoms with Gasteiger partial charge in [0, 0.05) is 0 Å². The van der Waals surface area contributed by atoms with E-state index in [1.54, 1.807) is 6.92 Å². The number of rotatable bonds is 7. The second-order valence-electron chi connectivity index (χ2n) is 4.24. The first-order valence-electron chi connectivity index (χ1n) is 6.24. The fraction of sp³-hybridized carbons (Fsp3) is 0.500. The number of amides is 1. The van der Waals surface area contributed by atoms with Crippen molar-refractivity contribution in [1.29, 1.82) is 0 Å². The van der Waals surface area contributed by atoms with E-state index in [1.165, 1.54) is 0 Å². The Balaban J connectivity index is 2.36. The van der Waals surface area contributed by atoms with Crippen molar-refractivity contribution < 1.29 is 14.6 Å². The fourth-order valence-electron chi connectivity index (χ4n) is 1.47. The molecule has 4 heteroatoms. The van der Waals surface area contributed by atoms with Crippen LogP contribution in [0.15, 0.2) is 30.3 Å². The summed E-state index contributed by atoms with van der Waals surface area (Å²) in [7, 11) is 0. The summed E-state index contributed by atoms with van der Waals surface area (Å²) in [5.74, 6) is -0.188. The Kier molecular flexibility index (Phi) is 6.39. The largest absolute Gasteiger partial charge is 0.394 e. The molecule has 0 bridgehead atoms. The summed E-state index contributed by atoms with van der Waals surface area (Å²) in [5, 5.41) is 11.7. The van der Waals surface area contributed by atoms with E-state index in [-0.39, 0.29) is 18.6 Å². The Morgan fingerprint density at radius 3 is 2.61 bits per heavy atom. The van der Waals surface area contributed by atoms with E-state index in [2.05, 4.69) is 5.32 Å². The molecule has 0 heterocycles. The maximum atomic E-state index is 11.7. The summed E-state index contributed by atoms with van der Waals surface area (Å²) in [5.41, 5.74) is 1.03. The lowest BCUT2D eigenvalue weighted by atomic mass is 10.2. The Morgan fingerprint density at radius 2 is 2.06 bits per heavy atom. The van der Waals surface area contributed by atoms with Crippen LogP contribution in [0.1, 0.15) is 25.8 Å². The van der Waals surface area contributed by atoms with E-state index in [1.807, 2.05) is 37.3 Å². The normalized spacial score (nSPS) is 13.9. The molecule has 0 aliphatic heterocycles. The molecular weight excluding hydrogens is 230 g/mol. The summed E-state index contributed by atoms with van der Waals surface area (Å²) in [6.45, 7) is 3.98. The fourth-order valence-corrected chi connectivity index (χ4v) is 1.47. The highest BCUT2D eigenvalue weighted by molar-refractivity contribution is 5.80. The van der Waals surface area contributed by atoms with Crippen LogP contribution in [0.5, 0.6) is 0 Å². The number of aliphatic hydroxyl groups excluding tert-OH is 1. The molecule has 1 aromatic rings. The molecule has 4 nitrogen and oxygen atoms in total. The van der Waals surface area contributed by atoms with Crippen LogP contribution in [0.4, 0.5) is 0 Å². The predicted octanol–water partition coefficient (Wildman–Crippen LogP) is 1.48. The quantitative estimate of drug-likeness (QED) is 0.771. The average molecular weight is 251 g/mol. The van der Waals surface area contributed by atoms with Gasteiger partial charge < -0.3 is 15.2 Å². The lowest BCUT2D eigenvalue weighted by Gasteiger charge is -2.18. The second kappa shape index (κ2) is 7.84. The van der Waals surface area contributed by atoms with Gasteiger partial charge >= 0.3 is 0 Å². The van der Waals surface area contributed by atoms with Gasteiger partial charge in [-0.1, -0.05) is 37.3 Å². The molecule has 0 aromatic heterocycles. The van der Waals surface area contributed by atoms with Gasteiger partial charge in [0.1, 0.15) is 6.10 Å². The molecule has 0 aliphatic carbocycles.